The normalized spacial score (nSPS) is 18.4. The van der Waals surface area contributed by atoms with Gasteiger partial charge < -0.3 is 16.0 Å². The van der Waals surface area contributed by atoms with E-state index in [0.29, 0.717) is 11.9 Å². The monoisotopic (exact) mass is 292 g/mol. The van der Waals surface area contributed by atoms with Crippen LogP contribution in [0.4, 0.5) is 5.82 Å². The Balaban J connectivity index is 1.76. The van der Waals surface area contributed by atoms with Crippen LogP contribution in [0.15, 0.2) is 12.4 Å². The number of carbonyl (C=O) groups excluding carboxylic acids is 1. The second kappa shape index (κ2) is 7.33. The third-order valence-corrected chi connectivity index (χ3v) is 3.92. The standard InChI is InChI=1S/C14H24N6O/c1-11(20-7-5-19(2)6-8-20)3-4-17-13-10-16-9-12(18-13)14(15)21/h9-11H,3-8H2,1-2H3,(H2,15,21)(H,17,18)/t11-/m0/s1. The van der Waals surface area contributed by atoms with Crippen LogP contribution in [0, 0.1) is 0 Å². The van der Waals surface area contributed by atoms with Crippen LogP contribution in [0.2, 0.25) is 0 Å². The van der Waals surface area contributed by atoms with Crippen LogP contribution in [0.3, 0.4) is 0 Å². The molecule has 2 heterocycles. The molecule has 21 heavy (non-hydrogen) atoms. The number of amides is 1. The van der Waals surface area contributed by atoms with Gasteiger partial charge in [0.25, 0.3) is 5.91 Å². The number of rotatable bonds is 6. The van der Waals surface area contributed by atoms with Gasteiger partial charge in [-0.1, -0.05) is 0 Å². The van der Waals surface area contributed by atoms with Gasteiger partial charge in [-0.2, -0.15) is 0 Å². The Morgan fingerprint density at radius 1 is 1.38 bits per heavy atom. The largest absolute Gasteiger partial charge is 0.369 e. The fourth-order valence-electron chi connectivity index (χ4n) is 2.42. The molecule has 2 rings (SSSR count). The quantitative estimate of drug-likeness (QED) is 0.768. The number of hydrogen-bond acceptors (Lipinski definition) is 6. The molecule has 116 valence electrons. The SMILES string of the molecule is C[C@@H](CCNc1cncc(C(N)=O)n1)N1CCN(C)CC1. The Morgan fingerprint density at radius 2 is 2.10 bits per heavy atom. The Kier molecular flexibility index (Phi) is 5.46. The highest BCUT2D eigenvalue weighted by atomic mass is 16.1. The molecular weight excluding hydrogens is 268 g/mol. The van der Waals surface area contributed by atoms with Crippen molar-refractivity contribution in [2.45, 2.75) is 19.4 Å². The number of primary amides is 1. The van der Waals surface area contributed by atoms with Crippen LogP contribution in [0.25, 0.3) is 0 Å². The highest BCUT2D eigenvalue weighted by Crippen LogP contribution is 2.09. The molecule has 1 amide bonds. The van der Waals surface area contributed by atoms with Crippen LogP contribution in [0.1, 0.15) is 23.8 Å². The van der Waals surface area contributed by atoms with E-state index in [1.54, 1.807) is 6.20 Å². The summed E-state index contributed by atoms with van der Waals surface area (Å²) in [7, 11) is 2.16. The van der Waals surface area contributed by atoms with Crippen molar-refractivity contribution < 1.29 is 4.79 Å². The molecule has 1 saturated heterocycles. The minimum Gasteiger partial charge on any atom is -0.369 e. The Hall–Kier alpha value is -1.73. The van der Waals surface area contributed by atoms with Gasteiger partial charge in [0.1, 0.15) is 11.5 Å². The van der Waals surface area contributed by atoms with E-state index in [0.717, 1.165) is 39.1 Å². The first kappa shape index (κ1) is 15.7. The summed E-state index contributed by atoms with van der Waals surface area (Å²) in [4.78, 5) is 24.0. The number of piperazine rings is 1. The summed E-state index contributed by atoms with van der Waals surface area (Å²) in [5.74, 6) is 0.0360. The van der Waals surface area contributed by atoms with E-state index in [1.165, 1.54) is 6.20 Å². The van der Waals surface area contributed by atoms with Crippen molar-refractivity contribution in [1.82, 2.24) is 19.8 Å². The van der Waals surface area contributed by atoms with E-state index in [-0.39, 0.29) is 5.69 Å². The third kappa shape index (κ3) is 4.64. The third-order valence-electron chi connectivity index (χ3n) is 3.92. The minimum atomic E-state index is -0.558. The molecule has 0 aromatic carbocycles. The van der Waals surface area contributed by atoms with Gasteiger partial charge in [-0.15, -0.1) is 0 Å². The first-order valence-electron chi connectivity index (χ1n) is 7.34. The summed E-state index contributed by atoms with van der Waals surface area (Å²) in [5, 5.41) is 3.20. The molecule has 0 bridgehead atoms. The Morgan fingerprint density at radius 3 is 2.76 bits per heavy atom. The highest BCUT2D eigenvalue weighted by molar-refractivity contribution is 5.90. The molecule has 7 nitrogen and oxygen atoms in total. The zero-order chi connectivity index (χ0) is 15.2. The number of hydrogen-bond donors (Lipinski definition) is 2. The van der Waals surface area contributed by atoms with E-state index in [4.69, 9.17) is 5.73 Å². The number of nitrogens with zero attached hydrogens (tertiary/aromatic N) is 4. The van der Waals surface area contributed by atoms with E-state index in [2.05, 4.69) is 39.1 Å². The Bertz CT molecular complexity index is 472. The number of carbonyl (C=O) groups is 1. The average Bonchev–Trinajstić information content (AvgIpc) is 2.48. The molecule has 0 spiro atoms. The molecule has 0 unspecified atom stereocenters. The lowest BCUT2D eigenvalue weighted by Crippen LogP contribution is -2.48. The molecular formula is C14H24N6O. The van der Waals surface area contributed by atoms with E-state index in [1.807, 2.05) is 0 Å². The lowest BCUT2D eigenvalue weighted by atomic mass is 10.1. The van der Waals surface area contributed by atoms with Gasteiger partial charge in [0.05, 0.1) is 12.4 Å². The molecule has 1 atom stereocenters. The van der Waals surface area contributed by atoms with Crippen LogP contribution in [-0.4, -0.2) is 71.5 Å². The van der Waals surface area contributed by atoms with Gasteiger partial charge in [0, 0.05) is 38.8 Å². The van der Waals surface area contributed by atoms with Crippen molar-refractivity contribution in [3.63, 3.8) is 0 Å². The zero-order valence-corrected chi connectivity index (χ0v) is 12.7. The van der Waals surface area contributed by atoms with Crippen LogP contribution >= 0.6 is 0 Å². The van der Waals surface area contributed by atoms with Gasteiger partial charge in [-0.05, 0) is 20.4 Å². The van der Waals surface area contributed by atoms with Crippen molar-refractivity contribution in [1.29, 1.82) is 0 Å². The molecule has 1 aromatic rings. The van der Waals surface area contributed by atoms with Gasteiger partial charge in [-0.25, -0.2) is 4.98 Å². The molecule has 1 aliphatic heterocycles. The molecule has 3 N–H and O–H groups in total. The van der Waals surface area contributed by atoms with Crippen LogP contribution in [-0.2, 0) is 0 Å². The maximum absolute atomic E-state index is 11.0. The number of aromatic nitrogens is 2. The lowest BCUT2D eigenvalue weighted by Gasteiger charge is -2.36. The van der Waals surface area contributed by atoms with Crippen molar-refractivity contribution >= 4 is 11.7 Å². The predicted molar refractivity (Wildman–Crippen MR) is 82.2 cm³/mol. The summed E-state index contributed by atoms with van der Waals surface area (Å²) in [6.07, 6.45) is 4.00. The summed E-state index contributed by atoms with van der Waals surface area (Å²) < 4.78 is 0. The van der Waals surface area contributed by atoms with Gasteiger partial charge >= 0.3 is 0 Å². The maximum atomic E-state index is 11.0. The fraction of sp³-hybridized carbons (Fsp3) is 0.643. The minimum absolute atomic E-state index is 0.187. The van der Waals surface area contributed by atoms with Crippen LogP contribution in [0.5, 0.6) is 0 Å². The smallest absolute Gasteiger partial charge is 0.268 e. The molecule has 1 fully saturated rings. The van der Waals surface area contributed by atoms with Gasteiger partial charge in [-0.3, -0.25) is 14.7 Å². The number of likely N-dealkylation sites (N-methyl/N-ethyl adjacent to an activating group) is 1. The van der Waals surface area contributed by atoms with Crippen molar-refractivity contribution in [2.75, 3.05) is 45.1 Å². The van der Waals surface area contributed by atoms with Crippen LogP contribution < -0.4 is 11.1 Å². The van der Waals surface area contributed by atoms with Gasteiger partial charge in [0.2, 0.25) is 0 Å². The number of nitrogens with one attached hydrogen (secondary N) is 1. The van der Waals surface area contributed by atoms with Crippen molar-refractivity contribution in [3.05, 3.63) is 18.1 Å². The van der Waals surface area contributed by atoms with Crippen molar-refractivity contribution in [2.24, 2.45) is 5.73 Å². The molecule has 0 radical (unpaired) electrons. The summed E-state index contributed by atoms with van der Waals surface area (Å²) in [6, 6.07) is 0.526. The van der Waals surface area contributed by atoms with Crippen molar-refractivity contribution in [3.8, 4) is 0 Å². The van der Waals surface area contributed by atoms with E-state index in [9.17, 15) is 4.79 Å². The second-order valence-electron chi connectivity index (χ2n) is 5.56. The Labute approximate surface area is 125 Å². The highest BCUT2D eigenvalue weighted by Gasteiger charge is 2.18. The molecule has 0 saturated carbocycles. The molecule has 0 aliphatic carbocycles. The zero-order valence-electron chi connectivity index (χ0n) is 12.7. The fourth-order valence-corrected chi connectivity index (χ4v) is 2.42. The topological polar surface area (TPSA) is 87.4 Å². The summed E-state index contributed by atoms with van der Waals surface area (Å²) >= 11 is 0. The van der Waals surface area contributed by atoms with Gasteiger partial charge in [0.15, 0.2) is 0 Å². The van der Waals surface area contributed by atoms with E-state index < -0.39 is 5.91 Å². The molecule has 1 aliphatic rings. The summed E-state index contributed by atoms with van der Waals surface area (Å²) in [5.41, 5.74) is 5.38. The predicted octanol–water partition coefficient (Wildman–Crippen LogP) is 0.0134. The number of anilines is 1. The first-order chi connectivity index (χ1) is 10.1. The number of nitrogens with two attached hydrogens (primary N) is 1. The summed E-state index contributed by atoms with van der Waals surface area (Å²) in [6.45, 7) is 7.54. The van der Waals surface area contributed by atoms with E-state index >= 15 is 0 Å². The molecule has 7 heteroatoms. The molecule has 1 aromatic heterocycles. The second-order valence-corrected chi connectivity index (χ2v) is 5.56. The maximum Gasteiger partial charge on any atom is 0.268 e. The lowest BCUT2D eigenvalue weighted by molar-refractivity contribution is 0.0995. The average molecular weight is 292 g/mol. The first-order valence-corrected chi connectivity index (χ1v) is 7.34.